The van der Waals surface area contributed by atoms with Crippen LogP contribution in [0.15, 0.2) is 43.0 Å². The van der Waals surface area contributed by atoms with Crippen LogP contribution in [0.3, 0.4) is 0 Å². The molecule has 1 aliphatic rings. The third-order valence-electron chi connectivity index (χ3n) is 4.47. The molecule has 1 aromatic rings. The van der Waals surface area contributed by atoms with Gasteiger partial charge in [-0.1, -0.05) is 36.4 Å². The summed E-state index contributed by atoms with van der Waals surface area (Å²) in [5.74, 6) is -1.59. The molecule has 5 atom stereocenters. The van der Waals surface area contributed by atoms with Gasteiger partial charge in [0, 0.05) is 20.8 Å². The Kier molecular flexibility index (Phi) is 9.01. The second-order valence-corrected chi connectivity index (χ2v) is 6.95. The summed E-state index contributed by atoms with van der Waals surface area (Å²) in [6.07, 6.45) is -2.13. The van der Waals surface area contributed by atoms with Gasteiger partial charge in [-0.05, 0) is 12.0 Å². The first-order chi connectivity index (χ1) is 14.3. The molecule has 0 aromatic heterocycles. The Labute approximate surface area is 176 Å². The van der Waals surface area contributed by atoms with E-state index in [2.05, 4.69) is 6.58 Å². The summed E-state index contributed by atoms with van der Waals surface area (Å²) < 4.78 is 28.2. The fraction of sp³-hybridized carbons (Fsp3) is 0.500. The minimum absolute atomic E-state index is 0.104. The molecule has 0 amide bonds. The number of hydrogen-bond acceptors (Lipinski definition) is 8. The van der Waals surface area contributed by atoms with E-state index in [1.807, 2.05) is 30.3 Å². The Morgan fingerprint density at radius 1 is 0.933 bits per heavy atom. The zero-order valence-electron chi connectivity index (χ0n) is 17.4. The highest BCUT2D eigenvalue weighted by Crippen LogP contribution is 2.31. The molecule has 1 aliphatic heterocycles. The highest BCUT2D eigenvalue weighted by Gasteiger charge is 2.50. The molecule has 8 nitrogen and oxygen atoms in total. The monoisotopic (exact) mass is 420 g/mol. The first kappa shape index (κ1) is 23.6. The molecule has 1 aromatic carbocycles. The van der Waals surface area contributed by atoms with Crippen molar-refractivity contribution in [3.63, 3.8) is 0 Å². The van der Waals surface area contributed by atoms with E-state index in [0.717, 1.165) is 5.56 Å². The van der Waals surface area contributed by atoms with Gasteiger partial charge in [-0.2, -0.15) is 0 Å². The van der Waals surface area contributed by atoms with Crippen LogP contribution in [-0.2, 0) is 44.7 Å². The zero-order chi connectivity index (χ0) is 22.1. The van der Waals surface area contributed by atoms with Crippen LogP contribution in [0.25, 0.3) is 0 Å². The number of carbonyl (C=O) groups excluding carboxylic acids is 3. The topological polar surface area (TPSA) is 97.4 Å². The highest BCUT2D eigenvalue weighted by molar-refractivity contribution is 5.67. The van der Waals surface area contributed by atoms with E-state index in [0.29, 0.717) is 6.42 Å². The van der Waals surface area contributed by atoms with Gasteiger partial charge in [0.2, 0.25) is 0 Å². The van der Waals surface area contributed by atoms with E-state index >= 15 is 0 Å². The fourth-order valence-electron chi connectivity index (χ4n) is 3.31. The van der Waals surface area contributed by atoms with Gasteiger partial charge in [0.05, 0.1) is 6.61 Å². The molecule has 2 rings (SSSR count). The fourth-order valence-corrected chi connectivity index (χ4v) is 3.31. The number of benzene rings is 1. The van der Waals surface area contributed by atoms with Crippen molar-refractivity contribution < 1.29 is 38.1 Å². The maximum Gasteiger partial charge on any atom is 0.303 e. The Balaban J connectivity index is 2.34. The minimum Gasteiger partial charge on any atom is -0.463 e. The van der Waals surface area contributed by atoms with E-state index in [1.165, 1.54) is 20.8 Å². The van der Waals surface area contributed by atoms with Crippen molar-refractivity contribution in [3.05, 3.63) is 48.6 Å². The van der Waals surface area contributed by atoms with Gasteiger partial charge in [-0.15, -0.1) is 6.58 Å². The number of rotatable bonds is 9. The Morgan fingerprint density at radius 2 is 1.57 bits per heavy atom. The van der Waals surface area contributed by atoms with Crippen LogP contribution < -0.4 is 0 Å². The smallest absolute Gasteiger partial charge is 0.303 e. The summed E-state index contributed by atoms with van der Waals surface area (Å²) in [6, 6.07) is 9.40. The molecule has 1 fully saturated rings. The van der Waals surface area contributed by atoms with Crippen molar-refractivity contribution in [2.24, 2.45) is 0 Å². The maximum atomic E-state index is 11.8. The lowest BCUT2D eigenvalue weighted by Gasteiger charge is -2.44. The van der Waals surface area contributed by atoms with Crippen LogP contribution in [-0.4, -0.2) is 55.0 Å². The number of ether oxygens (including phenoxy) is 5. The maximum absolute atomic E-state index is 11.8. The predicted molar refractivity (Wildman–Crippen MR) is 106 cm³/mol. The van der Waals surface area contributed by atoms with E-state index in [9.17, 15) is 14.4 Å². The molecule has 8 heteroatoms. The van der Waals surface area contributed by atoms with Crippen molar-refractivity contribution in [3.8, 4) is 0 Å². The normalized spacial score (nSPS) is 25.8. The largest absolute Gasteiger partial charge is 0.463 e. The minimum atomic E-state index is -0.950. The average Bonchev–Trinajstić information content (AvgIpc) is 2.68. The van der Waals surface area contributed by atoms with E-state index in [4.69, 9.17) is 23.7 Å². The standard InChI is InChI=1S/C22H28O8/c1-5-9-18-21(28-15(3)24)22(29-16(4)25)20(19(30-18)13-26-14(2)23)27-12-17-10-7-6-8-11-17/h5-8,10-11,18-22H,1,9,12-13H2,2-4H3/t18-,19-,20+,21-,22+/m0/s1. The molecule has 0 radical (unpaired) electrons. The molecule has 164 valence electrons. The lowest BCUT2D eigenvalue weighted by Crippen LogP contribution is -2.61. The van der Waals surface area contributed by atoms with Gasteiger partial charge < -0.3 is 23.7 Å². The SMILES string of the molecule is C=CC[C@@H]1O[C@@H](COC(C)=O)[C@@H](OCc2ccccc2)[C@@H](OC(C)=O)[C@H]1OC(C)=O. The quantitative estimate of drug-likeness (QED) is 0.341. The Bertz CT molecular complexity index is 732. The van der Waals surface area contributed by atoms with Gasteiger partial charge >= 0.3 is 17.9 Å². The molecule has 0 unspecified atom stereocenters. The highest BCUT2D eigenvalue weighted by atomic mass is 16.6. The van der Waals surface area contributed by atoms with Crippen LogP contribution in [0.5, 0.6) is 0 Å². The third-order valence-corrected chi connectivity index (χ3v) is 4.47. The summed E-state index contributed by atoms with van der Waals surface area (Å²) in [7, 11) is 0. The summed E-state index contributed by atoms with van der Waals surface area (Å²) in [5.41, 5.74) is 0.891. The predicted octanol–water partition coefficient (Wildman–Crippen LogP) is 2.34. The number of carbonyl (C=O) groups is 3. The summed E-state index contributed by atoms with van der Waals surface area (Å²) >= 11 is 0. The van der Waals surface area contributed by atoms with Gasteiger partial charge in [0.25, 0.3) is 0 Å². The van der Waals surface area contributed by atoms with Crippen LogP contribution >= 0.6 is 0 Å². The molecule has 0 bridgehead atoms. The van der Waals surface area contributed by atoms with E-state index in [1.54, 1.807) is 6.08 Å². The van der Waals surface area contributed by atoms with E-state index < -0.39 is 48.4 Å². The third kappa shape index (κ3) is 6.96. The second kappa shape index (κ2) is 11.5. The lowest BCUT2D eigenvalue weighted by molar-refractivity contribution is -0.257. The molecular weight excluding hydrogens is 392 g/mol. The van der Waals surface area contributed by atoms with Crippen LogP contribution in [0.1, 0.15) is 32.8 Å². The molecule has 0 saturated carbocycles. The molecule has 30 heavy (non-hydrogen) atoms. The van der Waals surface area contributed by atoms with Crippen molar-refractivity contribution in [2.75, 3.05) is 6.61 Å². The number of hydrogen-bond donors (Lipinski definition) is 0. The van der Waals surface area contributed by atoms with Gasteiger partial charge in [0.15, 0.2) is 12.2 Å². The molecule has 1 saturated heterocycles. The summed E-state index contributed by atoms with van der Waals surface area (Å²) in [6.45, 7) is 7.61. The Morgan fingerprint density at radius 3 is 2.13 bits per heavy atom. The lowest BCUT2D eigenvalue weighted by atomic mass is 9.92. The molecule has 1 heterocycles. The first-order valence-corrected chi connectivity index (χ1v) is 9.71. The zero-order valence-corrected chi connectivity index (χ0v) is 17.4. The van der Waals surface area contributed by atoms with Crippen molar-refractivity contribution in [1.29, 1.82) is 0 Å². The van der Waals surface area contributed by atoms with Crippen molar-refractivity contribution in [1.82, 2.24) is 0 Å². The molecule has 0 aliphatic carbocycles. The van der Waals surface area contributed by atoms with Crippen molar-refractivity contribution in [2.45, 2.75) is 64.3 Å². The van der Waals surface area contributed by atoms with Crippen LogP contribution in [0.2, 0.25) is 0 Å². The first-order valence-electron chi connectivity index (χ1n) is 9.71. The second-order valence-electron chi connectivity index (χ2n) is 6.95. The molecular formula is C22H28O8. The average molecular weight is 420 g/mol. The van der Waals surface area contributed by atoms with E-state index in [-0.39, 0.29) is 13.2 Å². The van der Waals surface area contributed by atoms with Gasteiger partial charge in [-0.3, -0.25) is 14.4 Å². The summed E-state index contributed by atoms with van der Waals surface area (Å²) in [5, 5.41) is 0. The van der Waals surface area contributed by atoms with Gasteiger partial charge in [-0.25, -0.2) is 0 Å². The number of esters is 3. The molecule has 0 spiro atoms. The van der Waals surface area contributed by atoms with Crippen molar-refractivity contribution >= 4 is 17.9 Å². The summed E-state index contributed by atoms with van der Waals surface area (Å²) in [4.78, 5) is 34.9. The Hall–Kier alpha value is -2.71. The molecule has 0 N–H and O–H groups in total. The van der Waals surface area contributed by atoms with Crippen LogP contribution in [0.4, 0.5) is 0 Å². The van der Waals surface area contributed by atoms with Gasteiger partial charge in [0.1, 0.15) is 24.9 Å². The van der Waals surface area contributed by atoms with Crippen LogP contribution in [0, 0.1) is 0 Å².